The van der Waals surface area contributed by atoms with E-state index in [2.05, 4.69) is 22.3 Å². The first-order valence-corrected chi connectivity index (χ1v) is 9.53. The second-order valence-corrected chi connectivity index (χ2v) is 7.30. The number of piperidine rings is 1. The molecule has 2 aromatic carbocycles. The summed E-state index contributed by atoms with van der Waals surface area (Å²) in [6.07, 6.45) is 1.63. The largest absolute Gasteiger partial charge is 0.497 e. The molecule has 6 nitrogen and oxygen atoms in total. The molecule has 2 aliphatic rings. The van der Waals surface area contributed by atoms with Crippen molar-refractivity contribution in [2.75, 3.05) is 27.3 Å². The van der Waals surface area contributed by atoms with E-state index in [1.165, 1.54) is 5.56 Å². The summed E-state index contributed by atoms with van der Waals surface area (Å²) < 4.78 is 10.4. The van der Waals surface area contributed by atoms with Gasteiger partial charge >= 0.3 is 0 Å². The molecule has 0 atom stereocenters. The Balaban J connectivity index is 1.41. The van der Waals surface area contributed by atoms with Gasteiger partial charge in [0.2, 0.25) is 0 Å². The van der Waals surface area contributed by atoms with Gasteiger partial charge in [0.25, 0.3) is 5.91 Å². The van der Waals surface area contributed by atoms with Crippen molar-refractivity contribution in [3.63, 3.8) is 0 Å². The first kappa shape index (κ1) is 18.5. The Morgan fingerprint density at radius 3 is 2.11 bits per heavy atom. The molecule has 6 heteroatoms. The molecule has 146 valence electrons. The molecular weight excluding hydrogens is 354 g/mol. The lowest BCUT2D eigenvalue weighted by molar-refractivity contribution is -0.115. The minimum Gasteiger partial charge on any atom is -0.497 e. The summed E-state index contributed by atoms with van der Waals surface area (Å²) >= 11 is 0. The molecule has 28 heavy (non-hydrogen) atoms. The Hall–Kier alpha value is -2.86. The molecule has 0 radical (unpaired) electrons. The first-order chi connectivity index (χ1) is 13.6. The minimum absolute atomic E-state index is 0.0891. The molecule has 1 saturated heterocycles. The molecule has 1 fully saturated rings. The van der Waals surface area contributed by atoms with E-state index in [0.717, 1.165) is 49.5 Å². The Bertz CT molecular complexity index is 867. The number of hydrogen-bond acceptors (Lipinski definition) is 5. The van der Waals surface area contributed by atoms with Crippen molar-refractivity contribution in [3.05, 3.63) is 59.7 Å². The summed E-state index contributed by atoms with van der Waals surface area (Å²) in [5.41, 5.74) is 2.14. The van der Waals surface area contributed by atoms with E-state index in [4.69, 9.17) is 14.5 Å². The zero-order chi connectivity index (χ0) is 19.6. The van der Waals surface area contributed by atoms with Crippen LogP contribution in [0, 0.1) is 0 Å². The number of benzene rings is 2. The molecule has 0 aliphatic carbocycles. The summed E-state index contributed by atoms with van der Waals surface area (Å²) in [6.45, 7) is 2.68. The van der Waals surface area contributed by atoms with Crippen molar-refractivity contribution in [3.8, 4) is 11.5 Å². The summed E-state index contributed by atoms with van der Waals surface area (Å²) in [5, 5.41) is 3.13. The van der Waals surface area contributed by atoms with Gasteiger partial charge in [-0.15, -0.1) is 0 Å². The quantitative estimate of drug-likeness (QED) is 0.867. The van der Waals surface area contributed by atoms with Crippen LogP contribution in [0.25, 0.3) is 0 Å². The number of aliphatic imine (C=N–C) groups is 1. The van der Waals surface area contributed by atoms with E-state index in [0.29, 0.717) is 5.71 Å². The maximum Gasteiger partial charge on any atom is 0.272 e. The molecule has 2 aromatic rings. The van der Waals surface area contributed by atoms with Crippen molar-refractivity contribution < 1.29 is 14.3 Å². The fourth-order valence-corrected chi connectivity index (χ4v) is 3.81. The number of carbonyl (C=O) groups is 1. The average molecular weight is 379 g/mol. The van der Waals surface area contributed by atoms with E-state index in [-0.39, 0.29) is 5.91 Å². The van der Waals surface area contributed by atoms with Gasteiger partial charge in [0.1, 0.15) is 22.9 Å². The van der Waals surface area contributed by atoms with Crippen LogP contribution in [-0.2, 0) is 11.3 Å². The fraction of sp³-hybridized carbons (Fsp3) is 0.364. The molecule has 0 aromatic heterocycles. The zero-order valence-electron chi connectivity index (χ0n) is 16.3. The van der Waals surface area contributed by atoms with Gasteiger partial charge in [-0.3, -0.25) is 14.7 Å². The summed E-state index contributed by atoms with van der Waals surface area (Å²) in [7, 11) is 3.30. The van der Waals surface area contributed by atoms with Crippen LogP contribution in [0.2, 0.25) is 0 Å². The first-order valence-electron chi connectivity index (χ1n) is 9.53. The molecule has 0 bridgehead atoms. The molecule has 2 aliphatic heterocycles. The predicted molar refractivity (Wildman–Crippen MR) is 108 cm³/mol. The van der Waals surface area contributed by atoms with Gasteiger partial charge in [0.05, 0.1) is 14.2 Å². The topological polar surface area (TPSA) is 63.2 Å². The number of hydrogen-bond donors (Lipinski definition) is 1. The van der Waals surface area contributed by atoms with Crippen molar-refractivity contribution >= 4 is 11.6 Å². The minimum atomic E-state index is -0.469. The maximum atomic E-state index is 12.5. The summed E-state index contributed by atoms with van der Waals surface area (Å²) in [4.78, 5) is 19.8. The maximum absolute atomic E-state index is 12.5. The number of likely N-dealkylation sites (tertiary alicyclic amines) is 1. The SMILES string of the molecule is COc1ccc(CN2CCC3(CC2)N=C(c2ccc(OC)cc2)C(=O)N3)cc1. The van der Waals surface area contributed by atoms with E-state index in [9.17, 15) is 4.79 Å². The smallest absolute Gasteiger partial charge is 0.272 e. The van der Waals surface area contributed by atoms with E-state index >= 15 is 0 Å². The molecule has 1 N–H and O–H groups in total. The Labute approximate surface area is 165 Å². The highest BCUT2D eigenvalue weighted by molar-refractivity contribution is 6.46. The average Bonchev–Trinajstić information content (AvgIpc) is 3.06. The molecule has 4 rings (SSSR count). The van der Waals surface area contributed by atoms with Gasteiger partial charge in [0.15, 0.2) is 0 Å². The number of carbonyl (C=O) groups excluding carboxylic acids is 1. The number of nitrogens with one attached hydrogen (secondary N) is 1. The lowest BCUT2D eigenvalue weighted by Crippen LogP contribution is -2.50. The van der Waals surface area contributed by atoms with Gasteiger partial charge in [-0.05, 0) is 42.0 Å². The molecule has 0 saturated carbocycles. The van der Waals surface area contributed by atoms with Gasteiger partial charge < -0.3 is 14.8 Å². The van der Waals surface area contributed by atoms with Crippen LogP contribution in [0.3, 0.4) is 0 Å². The van der Waals surface area contributed by atoms with Gasteiger partial charge in [0, 0.05) is 38.0 Å². The number of rotatable bonds is 5. The highest BCUT2D eigenvalue weighted by Crippen LogP contribution is 2.30. The number of methoxy groups -OCH3 is 2. The van der Waals surface area contributed by atoms with Crippen molar-refractivity contribution in [1.82, 2.24) is 10.2 Å². The second kappa shape index (κ2) is 7.64. The second-order valence-electron chi connectivity index (χ2n) is 7.30. The van der Waals surface area contributed by atoms with Gasteiger partial charge in [-0.2, -0.15) is 0 Å². The van der Waals surface area contributed by atoms with Crippen LogP contribution >= 0.6 is 0 Å². The molecule has 2 heterocycles. The highest BCUT2D eigenvalue weighted by atomic mass is 16.5. The summed E-state index contributed by atoms with van der Waals surface area (Å²) in [5.74, 6) is 1.55. The zero-order valence-corrected chi connectivity index (χ0v) is 16.3. The normalized spacial score (nSPS) is 18.6. The Morgan fingerprint density at radius 2 is 1.54 bits per heavy atom. The van der Waals surface area contributed by atoms with Crippen LogP contribution < -0.4 is 14.8 Å². The van der Waals surface area contributed by atoms with Gasteiger partial charge in [-0.25, -0.2) is 0 Å². The Morgan fingerprint density at radius 1 is 0.964 bits per heavy atom. The molecular formula is C22H25N3O3. The lowest BCUT2D eigenvalue weighted by atomic mass is 9.97. The van der Waals surface area contributed by atoms with Crippen LogP contribution in [0.15, 0.2) is 53.5 Å². The Kier molecular flexibility index (Phi) is 5.05. The van der Waals surface area contributed by atoms with Crippen molar-refractivity contribution in [2.24, 2.45) is 4.99 Å². The third kappa shape index (κ3) is 3.73. The number of amides is 1. The third-order valence-corrected chi connectivity index (χ3v) is 5.50. The fourth-order valence-electron chi connectivity index (χ4n) is 3.81. The summed E-state index contributed by atoms with van der Waals surface area (Å²) in [6, 6.07) is 15.7. The lowest BCUT2D eigenvalue weighted by Gasteiger charge is -2.37. The third-order valence-electron chi connectivity index (χ3n) is 5.50. The van der Waals surface area contributed by atoms with Crippen LogP contribution in [-0.4, -0.2) is 49.5 Å². The van der Waals surface area contributed by atoms with Crippen LogP contribution in [0.4, 0.5) is 0 Å². The molecule has 1 spiro atoms. The standard InChI is InChI=1S/C22H25N3O3/c1-27-18-7-3-16(4-8-18)15-25-13-11-22(12-14-25)23-20(21(26)24-22)17-5-9-19(28-2)10-6-17/h3-10H,11-15H2,1-2H3,(H,24,26). The van der Waals surface area contributed by atoms with E-state index in [1.54, 1.807) is 14.2 Å². The van der Waals surface area contributed by atoms with Crippen molar-refractivity contribution in [2.45, 2.75) is 25.0 Å². The molecule has 1 amide bonds. The number of ether oxygens (including phenoxy) is 2. The van der Waals surface area contributed by atoms with Crippen LogP contribution in [0.1, 0.15) is 24.0 Å². The highest BCUT2D eigenvalue weighted by Gasteiger charge is 2.42. The number of nitrogens with zero attached hydrogens (tertiary/aromatic N) is 2. The molecule has 0 unspecified atom stereocenters. The van der Waals surface area contributed by atoms with Crippen molar-refractivity contribution in [1.29, 1.82) is 0 Å². The van der Waals surface area contributed by atoms with E-state index < -0.39 is 5.66 Å². The predicted octanol–water partition coefficient (Wildman–Crippen LogP) is 2.62. The monoisotopic (exact) mass is 379 g/mol. The van der Waals surface area contributed by atoms with E-state index in [1.807, 2.05) is 36.4 Å². The van der Waals surface area contributed by atoms with Crippen LogP contribution in [0.5, 0.6) is 11.5 Å². The van der Waals surface area contributed by atoms with Gasteiger partial charge in [-0.1, -0.05) is 12.1 Å².